The van der Waals surface area contributed by atoms with Gasteiger partial charge in [0.15, 0.2) is 0 Å². The van der Waals surface area contributed by atoms with E-state index in [2.05, 4.69) is 37.0 Å². The third-order valence-corrected chi connectivity index (χ3v) is 3.47. The van der Waals surface area contributed by atoms with Crippen molar-refractivity contribution in [2.75, 3.05) is 7.11 Å². The lowest BCUT2D eigenvalue weighted by molar-refractivity contribution is -0.108. The molecular formula is C20H27ClN2O2. The molecule has 2 aromatic rings. The molecule has 0 spiro atoms. The van der Waals surface area contributed by atoms with Crippen LogP contribution in [0.5, 0.6) is 5.75 Å². The molecule has 0 saturated heterocycles. The van der Waals surface area contributed by atoms with Crippen molar-refractivity contribution >= 4 is 18.0 Å². The number of benzene rings is 2. The summed E-state index contributed by atoms with van der Waals surface area (Å²) in [5.74, 6) is 1.04. The molecule has 5 heteroatoms. The third-order valence-electron chi connectivity index (χ3n) is 3.12. The SMILES string of the molecule is C=C(N)NC=O.CC.CCc1c(Cl)cccc1-c1ccc(OC)cc1. The van der Waals surface area contributed by atoms with Gasteiger partial charge in [-0.2, -0.15) is 0 Å². The smallest absolute Gasteiger partial charge is 0.212 e. The molecule has 2 rings (SSSR count). The van der Waals surface area contributed by atoms with E-state index in [0.717, 1.165) is 17.2 Å². The lowest BCUT2D eigenvalue weighted by Crippen LogP contribution is -2.15. The average Bonchev–Trinajstić information content (AvgIpc) is 2.63. The minimum atomic E-state index is 0.171. The Bertz CT molecular complexity index is 655. The van der Waals surface area contributed by atoms with Crippen LogP contribution < -0.4 is 15.8 Å². The van der Waals surface area contributed by atoms with Crippen molar-refractivity contribution in [3.8, 4) is 16.9 Å². The fourth-order valence-corrected chi connectivity index (χ4v) is 2.34. The molecule has 136 valence electrons. The number of halogens is 1. The lowest BCUT2D eigenvalue weighted by Gasteiger charge is -2.10. The van der Waals surface area contributed by atoms with E-state index >= 15 is 0 Å². The Kier molecular flexibility index (Phi) is 11.6. The molecule has 2 aromatic carbocycles. The van der Waals surface area contributed by atoms with Crippen molar-refractivity contribution in [1.29, 1.82) is 0 Å². The van der Waals surface area contributed by atoms with Gasteiger partial charge >= 0.3 is 0 Å². The Hall–Kier alpha value is -2.46. The lowest BCUT2D eigenvalue weighted by atomic mass is 9.98. The van der Waals surface area contributed by atoms with Crippen LogP contribution in [0.15, 0.2) is 54.9 Å². The zero-order valence-electron chi connectivity index (χ0n) is 15.3. The molecule has 0 fully saturated rings. The van der Waals surface area contributed by atoms with E-state index in [0.29, 0.717) is 6.41 Å². The van der Waals surface area contributed by atoms with Crippen molar-refractivity contribution in [2.45, 2.75) is 27.2 Å². The van der Waals surface area contributed by atoms with Gasteiger partial charge in [0.1, 0.15) is 5.75 Å². The summed E-state index contributed by atoms with van der Waals surface area (Å²) < 4.78 is 5.16. The second-order valence-electron chi connectivity index (χ2n) is 4.64. The third kappa shape index (κ3) is 7.77. The first kappa shape index (κ1) is 22.5. The maximum Gasteiger partial charge on any atom is 0.212 e. The Morgan fingerprint density at radius 1 is 1.24 bits per heavy atom. The predicted molar refractivity (Wildman–Crippen MR) is 107 cm³/mol. The Labute approximate surface area is 155 Å². The number of methoxy groups -OCH3 is 1. The number of ether oxygens (including phenoxy) is 1. The van der Waals surface area contributed by atoms with Gasteiger partial charge in [0, 0.05) is 5.02 Å². The number of nitrogens with one attached hydrogen (secondary N) is 1. The largest absolute Gasteiger partial charge is 0.497 e. The molecule has 0 aliphatic rings. The molecule has 0 unspecified atom stereocenters. The summed E-state index contributed by atoms with van der Waals surface area (Å²) in [6.07, 6.45) is 1.41. The van der Waals surface area contributed by atoms with E-state index in [-0.39, 0.29) is 5.82 Å². The first-order valence-corrected chi connectivity index (χ1v) is 8.47. The molecule has 0 aliphatic carbocycles. The van der Waals surface area contributed by atoms with Gasteiger partial charge in [-0.25, -0.2) is 0 Å². The van der Waals surface area contributed by atoms with Crippen molar-refractivity contribution in [1.82, 2.24) is 5.32 Å². The molecule has 0 aromatic heterocycles. The molecule has 3 N–H and O–H groups in total. The molecule has 4 nitrogen and oxygen atoms in total. The summed E-state index contributed by atoms with van der Waals surface area (Å²) in [6, 6.07) is 14.1. The first-order chi connectivity index (χ1) is 12.0. The van der Waals surface area contributed by atoms with E-state index in [1.807, 2.05) is 38.1 Å². The molecule has 0 atom stereocenters. The van der Waals surface area contributed by atoms with E-state index in [9.17, 15) is 4.79 Å². The van der Waals surface area contributed by atoms with Crippen LogP contribution in [0.4, 0.5) is 0 Å². The summed E-state index contributed by atoms with van der Waals surface area (Å²) in [7, 11) is 1.67. The maximum atomic E-state index is 9.36. The standard InChI is InChI=1S/C15H15ClO.C3H6N2O.C2H6/c1-3-13-14(5-4-6-15(13)16)11-7-9-12(17-2)10-8-11;1-3(4)5-2-6;1-2/h4-10H,3H2,1-2H3;2H,1,4H2,(H,5,6);1-2H3. The van der Waals surface area contributed by atoms with Crippen molar-refractivity contribution in [3.05, 3.63) is 65.5 Å². The van der Waals surface area contributed by atoms with Gasteiger partial charge in [0.05, 0.1) is 12.9 Å². The fourth-order valence-electron chi connectivity index (χ4n) is 2.03. The zero-order chi connectivity index (χ0) is 19.2. The fraction of sp³-hybridized carbons (Fsp3) is 0.250. The van der Waals surface area contributed by atoms with Gasteiger partial charge < -0.3 is 15.8 Å². The number of carbonyl (C=O) groups is 1. The second-order valence-corrected chi connectivity index (χ2v) is 5.04. The molecule has 0 aliphatic heterocycles. The second kappa shape index (κ2) is 12.9. The van der Waals surface area contributed by atoms with Crippen LogP contribution in [0.3, 0.4) is 0 Å². The highest BCUT2D eigenvalue weighted by molar-refractivity contribution is 6.31. The van der Waals surface area contributed by atoms with Gasteiger partial charge in [-0.05, 0) is 41.3 Å². The molecule has 0 saturated carbocycles. The molecule has 0 heterocycles. The highest BCUT2D eigenvalue weighted by Crippen LogP contribution is 2.30. The summed E-state index contributed by atoms with van der Waals surface area (Å²) >= 11 is 6.21. The van der Waals surface area contributed by atoms with E-state index < -0.39 is 0 Å². The van der Waals surface area contributed by atoms with E-state index in [4.69, 9.17) is 22.1 Å². The van der Waals surface area contributed by atoms with Gasteiger partial charge in [-0.1, -0.05) is 63.2 Å². The van der Waals surface area contributed by atoms with Crippen LogP contribution in [0, 0.1) is 0 Å². The molecule has 0 bridgehead atoms. The van der Waals surface area contributed by atoms with Crippen molar-refractivity contribution in [3.63, 3.8) is 0 Å². The molecule has 25 heavy (non-hydrogen) atoms. The summed E-state index contributed by atoms with van der Waals surface area (Å²) in [5, 5.41) is 2.95. The number of hydrogen-bond acceptors (Lipinski definition) is 3. The van der Waals surface area contributed by atoms with Crippen LogP contribution in [-0.4, -0.2) is 13.5 Å². The average molecular weight is 363 g/mol. The van der Waals surface area contributed by atoms with Crippen LogP contribution in [0.25, 0.3) is 11.1 Å². The van der Waals surface area contributed by atoms with Crippen molar-refractivity contribution < 1.29 is 9.53 Å². The molecule has 0 radical (unpaired) electrons. The minimum Gasteiger partial charge on any atom is -0.497 e. The van der Waals surface area contributed by atoms with Gasteiger partial charge in [0.2, 0.25) is 6.41 Å². The Morgan fingerprint density at radius 2 is 1.84 bits per heavy atom. The minimum absolute atomic E-state index is 0.171. The number of nitrogens with two attached hydrogens (primary N) is 1. The maximum absolute atomic E-state index is 9.36. The Morgan fingerprint density at radius 3 is 2.24 bits per heavy atom. The monoisotopic (exact) mass is 362 g/mol. The van der Waals surface area contributed by atoms with E-state index in [1.54, 1.807) is 7.11 Å². The topological polar surface area (TPSA) is 64.3 Å². The summed E-state index contributed by atoms with van der Waals surface area (Å²) in [6.45, 7) is 9.30. The number of hydrogen-bond donors (Lipinski definition) is 2. The molecule has 1 amide bonds. The quantitative estimate of drug-likeness (QED) is 0.753. The van der Waals surface area contributed by atoms with Crippen LogP contribution >= 0.6 is 11.6 Å². The Balaban J connectivity index is 0.000000614. The van der Waals surface area contributed by atoms with Crippen LogP contribution in [0.1, 0.15) is 26.3 Å². The van der Waals surface area contributed by atoms with Crippen LogP contribution in [0.2, 0.25) is 5.02 Å². The van der Waals surface area contributed by atoms with Gasteiger partial charge in [-0.3, -0.25) is 4.79 Å². The number of carbonyl (C=O) groups excluding carboxylic acids is 1. The zero-order valence-corrected chi connectivity index (χ0v) is 16.1. The van der Waals surface area contributed by atoms with E-state index in [1.165, 1.54) is 16.7 Å². The highest BCUT2D eigenvalue weighted by Gasteiger charge is 2.07. The van der Waals surface area contributed by atoms with Crippen molar-refractivity contribution in [2.24, 2.45) is 5.73 Å². The number of amides is 1. The highest BCUT2D eigenvalue weighted by atomic mass is 35.5. The van der Waals surface area contributed by atoms with Gasteiger partial charge in [0.25, 0.3) is 0 Å². The number of rotatable bonds is 5. The predicted octanol–water partition coefficient (Wildman–Crippen LogP) is 4.77. The summed E-state index contributed by atoms with van der Waals surface area (Å²) in [4.78, 5) is 9.36. The van der Waals surface area contributed by atoms with Crippen LogP contribution in [-0.2, 0) is 11.2 Å². The normalized spacial score (nSPS) is 8.84. The molecular weight excluding hydrogens is 336 g/mol. The van der Waals surface area contributed by atoms with Gasteiger partial charge in [-0.15, -0.1) is 0 Å². The first-order valence-electron chi connectivity index (χ1n) is 8.09. The summed E-state index contributed by atoms with van der Waals surface area (Å²) in [5.41, 5.74) is 8.43.